The lowest BCUT2D eigenvalue weighted by atomic mass is 9.77. The van der Waals surface area contributed by atoms with Gasteiger partial charge in [-0.25, -0.2) is 14.5 Å². The number of aliphatic hydroxyl groups is 1. The van der Waals surface area contributed by atoms with Crippen LogP contribution in [0.15, 0.2) is 140 Å². The fourth-order valence-corrected chi connectivity index (χ4v) is 7.61. The second-order valence-corrected chi connectivity index (χ2v) is 15.7. The van der Waals surface area contributed by atoms with Gasteiger partial charge in [-0.05, 0) is 64.6 Å². The lowest BCUT2D eigenvalue weighted by Crippen LogP contribution is -2.39. The Hall–Kier alpha value is -6.28. The lowest BCUT2D eigenvalue weighted by molar-refractivity contribution is 0.0421. The smallest absolute Gasteiger partial charge is 0.359 e. The van der Waals surface area contributed by atoms with Crippen LogP contribution in [0.4, 0.5) is 0 Å². The summed E-state index contributed by atoms with van der Waals surface area (Å²) in [5, 5.41) is 24.6. The van der Waals surface area contributed by atoms with Gasteiger partial charge in [0.1, 0.15) is 30.2 Å². The summed E-state index contributed by atoms with van der Waals surface area (Å²) >= 11 is 0. The van der Waals surface area contributed by atoms with Gasteiger partial charge in [-0.1, -0.05) is 140 Å². The van der Waals surface area contributed by atoms with Gasteiger partial charge in [0, 0.05) is 12.1 Å². The summed E-state index contributed by atoms with van der Waals surface area (Å²) in [5.74, 6) is -0.0230. The van der Waals surface area contributed by atoms with Crippen LogP contribution < -0.4 is 0 Å². The minimum absolute atomic E-state index is 0.0772. The van der Waals surface area contributed by atoms with Crippen molar-refractivity contribution in [3.05, 3.63) is 179 Å². The third-order valence-electron chi connectivity index (χ3n) is 9.70. The van der Waals surface area contributed by atoms with Crippen LogP contribution in [-0.2, 0) is 49.9 Å². The Balaban J connectivity index is 1.22. The standard InChI is InChI=1S/C44H42N6O6S/c1-5-49-38(30-56-57(4,53)54)45-39(40(49)43(2,3)52)42(51)55-29-31-25-27-32(28-26-31)36-23-15-16-24-37(36)41-46-47-48-50(41)44(33-17-9-6-10-18-33,34-19-11-7-12-20-34)35-21-13-8-14-22-35/h6-28,52H,5,29-30H2,1-4H3. The first-order chi connectivity index (χ1) is 27.4. The van der Waals surface area contributed by atoms with Crippen molar-refractivity contribution >= 4 is 16.1 Å². The van der Waals surface area contributed by atoms with Crippen molar-refractivity contribution in [2.24, 2.45) is 0 Å². The van der Waals surface area contributed by atoms with Crippen LogP contribution in [0, 0.1) is 0 Å². The fraction of sp³-hybridized carbons (Fsp3) is 0.205. The van der Waals surface area contributed by atoms with E-state index in [1.54, 1.807) is 11.5 Å². The molecular weight excluding hydrogens is 741 g/mol. The zero-order valence-corrected chi connectivity index (χ0v) is 32.8. The molecule has 7 aromatic rings. The van der Waals surface area contributed by atoms with Gasteiger partial charge in [0.2, 0.25) is 0 Å². The van der Waals surface area contributed by atoms with E-state index in [2.05, 4.69) is 51.7 Å². The molecule has 0 fully saturated rings. The number of benzene rings is 5. The van der Waals surface area contributed by atoms with Gasteiger partial charge in [0.15, 0.2) is 11.5 Å². The van der Waals surface area contributed by atoms with Gasteiger partial charge < -0.3 is 14.4 Å². The molecule has 13 heteroatoms. The van der Waals surface area contributed by atoms with Crippen LogP contribution in [0.3, 0.4) is 0 Å². The van der Waals surface area contributed by atoms with Gasteiger partial charge in [-0.3, -0.25) is 4.18 Å². The molecule has 0 aliphatic rings. The van der Waals surface area contributed by atoms with E-state index in [4.69, 9.17) is 14.1 Å². The largest absolute Gasteiger partial charge is 0.456 e. The number of carbonyl (C=O) groups is 1. The van der Waals surface area contributed by atoms with Crippen molar-refractivity contribution in [3.8, 4) is 22.5 Å². The van der Waals surface area contributed by atoms with Crippen LogP contribution in [0.2, 0.25) is 0 Å². The summed E-state index contributed by atoms with van der Waals surface area (Å²) in [6.45, 7) is 4.67. The summed E-state index contributed by atoms with van der Waals surface area (Å²) in [7, 11) is -3.78. The minimum Gasteiger partial charge on any atom is -0.456 e. The Morgan fingerprint density at radius 2 is 1.26 bits per heavy atom. The number of nitrogens with zero attached hydrogens (tertiary/aromatic N) is 6. The van der Waals surface area contributed by atoms with E-state index in [1.807, 2.05) is 108 Å². The zero-order valence-electron chi connectivity index (χ0n) is 32.0. The van der Waals surface area contributed by atoms with Gasteiger partial charge in [0.25, 0.3) is 10.1 Å². The molecule has 0 atom stereocenters. The Bertz CT molecular complexity index is 2490. The normalized spacial score (nSPS) is 12.1. The predicted octanol–water partition coefficient (Wildman–Crippen LogP) is 7.12. The second-order valence-electron chi connectivity index (χ2n) is 14.0. The third kappa shape index (κ3) is 7.90. The molecule has 0 saturated carbocycles. The molecule has 0 spiro atoms. The Kier molecular flexibility index (Phi) is 11.0. The topological polar surface area (TPSA) is 151 Å². The fourth-order valence-electron chi connectivity index (χ4n) is 7.29. The van der Waals surface area contributed by atoms with Gasteiger partial charge in [-0.15, -0.1) is 5.10 Å². The predicted molar refractivity (Wildman–Crippen MR) is 215 cm³/mol. The molecule has 290 valence electrons. The summed E-state index contributed by atoms with van der Waals surface area (Å²) in [4.78, 5) is 17.8. The Morgan fingerprint density at radius 3 is 1.77 bits per heavy atom. The highest BCUT2D eigenvalue weighted by Gasteiger charge is 2.42. The summed E-state index contributed by atoms with van der Waals surface area (Å²) in [6.07, 6.45) is 0.930. The van der Waals surface area contributed by atoms with Crippen molar-refractivity contribution in [3.63, 3.8) is 0 Å². The first-order valence-electron chi connectivity index (χ1n) is 18.4. The first kappa shape index (κ1) is 39.0. The second kappa shape index (κ2) is 16.1. The number of ether oxygens (including phenoxy) is 1. The number of imidazole rings is 1. The molecular formula is C44H42N6O6S. The van der Waals surface area contributed by atoms with Crippen molar-refractivity contribution in [1.82, 2.24) is 29.8 Å². The quantitative estimate of drug-likeness (QED) is 0.0686. The summed E-state index contributed by atoms with van der Waals surface area (Å²) < 4.78 is 37.5. The third-order valence-corrected chi connectivity index (χ3v) is 10.2. The molecule has 1 N–H and O–H groups in total. The van der Waals surface area contributed by atoms with E-state index in [0.29, 0.717) is 17.9 Å². The van der Waals surface area contributed by atoms with Crippen molar-refractivity contribution < 1.29 is 27.2 Å². The minimum atomic E-state index is -3.78. The SMILES string of the molecule is CCn1c(COS(C)(=O)=O)nc(C(=O)OCc2ccc(-c3ccccc3-c3nnnn3C(c3ccccc3)(c3ccccc3)c3ccccc3)cc2)c1C(C)(C)O. The van der Waals surface area contributed by atoms with E-state index in [-0.39, 0.29) is 23.8 Å². The maximum Gasteiger partial charge on any atom is 0.359 e. The average Bonchev–Trinajstić information content (AvgIpc) is 3.87. The van der Waals surface area contributed by atoms with Crippen molar-refractivity contribution in [2.45, 2.75) is 51.7 Å². The number of hydrogen-bond acceptors (Lipinski definition) is 10. The molecule has 0 unspecified atom stereocenters. The number of hydrogen-bond donors (Lipinski definition) is 1. The van der Waals surface area contributed by atoms with E-state index in [9.17, 15) is 18.3 Å². The molecule has 2 heterocycles. The van der Waals surface area contributed by atoms with Crippen LogP contribution in [0.1, 0.15) is 65.0 Å². The molecule has 7 rings (SSSR count). The molecule has 2 aromatic heterocycles. The highest BCUT2D eigenvalue weighted by molar-refractivity contribution is 7.85. The monoisotopic (exact) mass is 782 g/mol. The number of esters is 1. The lowest BCUT2D eigenvalue weighted by Gasteiger charge is -2.36. The molecule has 57 heavy (non-hydrogen) atoms. The highest BCUT2D eigenvalue weighted by atomic mass is 32.2. The van der Waals surface area contributed by atoms with Crippen LogP contribution in [-0.4, -0.2) is 55.5 Å². The van der Waals surface area contributed by atoms with Crippen LogP contribution in [0.25, 0.3) is 22.5 Å². The van der Waals surface area contributed by atoms with Gasteiger partial charge >= 0.3 is 5.97 Å². The molecule has 0 amide bonds. The van der Waals surface area contributed by atoms with E-state index < -0.39 is 33.8 Å². The Labute approximate surface area is 331 Å². The molecule has 0 aliphatic heterocycles. The molecule has 0 aliphatic carbocycles. The number of rotatable bonds is 14. The van der Waals surface area contributed by atoms with Crippen LogP contribution in [0.5, 0.6) is 0 Å². The first-order valence-corrected chi connectivity index (χ1v) is 20.2. The molecule has 0 saturated heterocycles. The summed E-state index contributed by atoms with van der Waals surface area (Å²) in [5.41, 5.74) is 3.95. The highest BCUT2D eigenvalue weighted by Crippen LogP contribution is 2.43. The number of carbonyl (C=O) groups excluding carboxylic acids is 1. The van der Waals surface area contributed by atoms with Gasteiger partial charge in [0.05, 0.1) is 11.9 Å². The summed E-state index contributed by atoms with van der Waals surface area (Å²) in [6, 6.07) is 46.2. The van der Waals surface area contributed by atoms with E-state index in [0.717, 1.165) is 39.6 Å². The van der Waals surface area contributed by atoms with Crippen LogP contribution >= 0.6 is 0 Å². The Morgan fingerprint density at radius 1 is 0.737 bits per heavy atom. The maximum absolute atomic E-state index is 13.5. The molecule has 5 aromatic carbocycles. The molecule has 0 radical (unpaired) electrons. The molecule has 12 nitrogen and oxygen atoms in total. The zero-order chi connectivity index (χ0) is 40.2. The number of tetrazole rings is 1. The maximum atomic E-state index is 13.5. The van der Waals surface area contributed by atoms with E-state index in [1.165, 1.54) is 13.8 Å². The molecule has 0 bridgehead atoms. The van der Waals surface area contributed by atoms with E-state index >= 15 is 0 Å². The van der Waals surface area contributed by atoms with Crippen molar-refractivity contribution in [2.75, 3.05) is 6.26 Å². The van der Waals surface area contributed by atoms with Gasteiger partial charge in [-0.2, -0.15) is 8.42 Å². The number of aromatic nitrogens is 6. The average molecular weight is 783 g/mol. The van der Waals surface area contributed by atoms with Crippen molar-refractivity contribution in [1.29, 1.82) is 0 Å².